The zero-order chi connectivity index (χ0) is 23.4. The highest BCUT2D eigenvalue weighted by molar-refractivity contribution is 5.96. The Balaban J connectivity index is 1.56. The molecular formula is C26H23N3O4. The predicted octanol–water partition coefficient (Wildman–Crippen LogP) is 3.58. The van der Waals surface area contributed by atoms with E-state index in [9.17, 15) is 14.4 Å². The summed E-state index contributed by atoms with van der Waals surface area (Å²) in [7, 11) is 1.59. The van der Waals surface area contributed by atoms with Crippen LogP contribution >= 0.6 is 0 Å². The lowest BCUT2D eigenvalue weighted by Gasteiger charge is -2.18. The van der Waals surface area contributed by atoms with Gasteiger partial charge in [0.1, 0.15) is 17.1 Å². The number of rotatable bonds is 8. The van der Waals surface area contributed by atoms with E-state index >= 15 is 0 Å². The lowest BCUT2D eigenvalue weighted by atomic mass is 9.91. The second-order valence-electron chi connectivity index (χ2n) is 7.66. The lowest BCUT2D eigenvalue weighted by Crippen LogP contribution is -2.36. The number of ether oxygens (including phenoxy) is 1. The third-order valence-electron chi connectivity index (χ3n) is 5.46. The maximum absolute atomic E-state index is 13.2. The smallest absolute Gasteiger partial charge is 0.253 e. The molecule has 0 aliphatic carbocycles. The van der Waals surface area contributed by atoms with Crippen molar-refractivity contribution in [3.05, 3.63) is 110 Å². The second kappa shape index (κ2) is 9.40. The number of hydrogen-bond donors (Lipinski definition) is 3. The molecule has 0 radical (unpaired) electrons. The summed E-state index contributed by atoms with van der Waals surface area (Å²) in [5.41, 5.74) is 7.42. The number of amides is 1. The Hall–Kier alpha value is -4.39. The molecule has 166 valence electrons. The summed E-state index contributed by atoms with van der Waals surface area (Å²) in [6, 6.07) is 24.0. The molecule has 0 fully saturated rings. The largest absolute Gasteiger partial charge is 0.497 e. The summed E-state index contributed by atoms with van der Waals surface area (Å²) < 4.78 is 5.17. The van der Waals surface area contributed by atoms with E-state index in [1.807, 2.05) is 48.5 Å². The normalized spacial score (nSPS) is 11.7. The molecule has 7 heteroatoms. The maximum atomic E-state index is 13.2. The van der Waals surface area contributed by atoms with E-state index in [1.165, 1.54) is 0 Å². The van der Waals surface area contributed by atoms with Gasteiger partial charge in [0.2, 0.25) is 5.91 Å². The summed E-state index contributed by atoms with van der Waals surface area (Å²) in [6.45, 7) is 0. The molecule has 1 amide bonds. The Bertz CT molecular complexity index is 1340. The SMILES string of the molecule is COc1ccc(NC(=O)C(Cc2cccc(Nc3c(N)c(=O)c3=O)c2)c2ccccc2)cc1. The Morgan fingerprint density at radius 2 is 1.64 bits per heavy atom. The monoisotopic (exact) mass is 441 g/mol. The highest BCUT2D eigenvalue weighted by Gasteiger charge is 2.22. The number of methoxy groups -OCH3 is 1. The van der Waals surface area contributed by atoms with Crippen LogP contribution < -0.4 is 32.0 Å². The van der Waals surface area contributed by atoms with Crippen molar-refractivity contribution < 1.29 is 9.53 Å². The molecular weight excluding hydrogens is 418 g/mol. The Kier molecular flexibility index (Phi) is 6.22. The quantitative estimate of drug-likeness (QED) is 0.361. The van der Waals surface area contributed by atoms with E-state index in [2.05, 4.69) is 10.6 Å². The maximum Gasteiger partial charge on any atom is 0.253 e. The van der Waals surface area contributed by atoms with Gasteiger partial charge in [0.05, 0.1) is 13.0 Å². The molecule has 0 saturated heterocycles. The van der Waals surface area contributed by atoms with Crippen molar-refractivity contribution in [3.8, 4) is 5.75 Å². The molecule has 4 N–H and O–H groups in total. The van der Waals surface area contributed by atoms with E-state index in [0.717, 1.165) is 11.1 Å². The summed E-state index contributed by atoms with van der Waals surface area (Å²) in [5.74, 6) is 0.121. The number of nitrogens with two attached hydrogens (primary N) is 1. The molecule has 0 aliphatic rings. The van der Waals surface area contributed by atoms with Crippen LogP contribution in [0.4, 0.5) is 22.7 Å². The van der Waals surface area contributed by atoms with Crippen LogP contribution in [0, 0.1) is 0 Å². The van der Waals surface area contributed by atoms with Gasteiger partial charge in [-0.05, 0) is 53.9 Å². The highest BCUT2D eigenvalue weighted by atomic mass is 16.5. The second-order valence-corrected chi connectivity index (χ2v) is 7.66. The van der Waals surface area contributed by atoms with E-state index in [0.29, 0.717) is 23.5 Å². The molecule has 33 heavy (non-hydrogen) atoms. The zero-order valence-corrected chi connectivity index (χ0v) is 18.0. The fraction of sp³-hybridized carbons (Fsp3) is 0.115. The molecule has 0 spiro atoms. The van der Waals surface area contributed by atoms with Crippen molar-refractivity contribution in [1.82, 2.24) is 0 Å². The standard InChI is InChI=1S/C26H23N3O4/c1-33-20-12-10-18(11-13-20)29-26(32)21(17-7-3-2-4-8-17)15-16-6-5-9-19(14-16)28-23-22(27)24(30)25(23)31/h2-14,21,28H,15,27H2,1H3,(H,29,32). The number of hydrogen-bond acceptors (Lipinski definition) is 6. The van der Waals surface area contributed by atoms with Gasteiger partial charge in [-0.25, -0.2) is 0 Å². The lowest BCUT2D eigenvalue weighted by molar-refractivity contribution is -0.117. The van der Waals surface area contributed by atoms with E-state index in [-0.39, 0.29) is 17.3 Å². The van der Waals surface area contributed by atoms with Gasteiger partial charge in [0, 0.05) is 11.4 Å². The fourth-order valence-corrected chi connectivity index (χ4v) is 3.64. The van der Waals surface area contributed by atoms with Gasteiger partial charge in [-0.1, -0.05) is 42.5 Å². The molecule has 4 aromatic carbocycles. The molecule has 0 saturated carbocycles. The van der Waals surface area contributed by atoms with Crippen LogP contribution in [-0.2, 0) is 11.2 Å². The van der Waals surface area contributed by atoms with Gasteiger partial charge in [-0.2, -0.15) is 0 Å². The minimum atomic E-state index is -0.673. The zero-order valence-electron chi connectivity index (χ0n) is 18.0. The van der Waals surface area contributed by atoms with E-state index in [1.54, 1.807) is 37.4 Å². The minimum absolute atomic E-state index is 0.0635. The first kappa shape index (κ1) is 21.8. The number of nitrogens with one attached hydrogen (secondary N) is 2. The van der Waals surface area contributed by atoms with Crippen molar-refractivity contribution in [1.29, 1.82) is 0 Å². The van der Waals surface area contributed by atoms with Gasteiger partial charge < -0.3 is 21.1 Å². The van der Waals surface area contributed by atoms with Crippen LogP contribution in [0.15, 0.2) is 88.5 Å². The average molecular weight is 441 g/mol. The third kappa shape index (κ3) is 4.77. The number of carbonyl (C=O) groups excluding carboxylic acids is 1. The number of carbonyl (C=O) groups is 1. The predicted molar refractivity (Wildman–Crippen MR) is 130 cm³/mol. The van der Waals surface area contributed by atoms with Crippen LogP contribution in [0.25, 0.3) is 0 Å². The minimum Gasteiger partial charge on any atom is -0.497 e. The first-order valence-electron chi connectivity index (χ1n) is 10.4. The van der Waals surface area contributed by atoms with E-state index in [4.69, 9.17) is 10.5 Å². The Labute approximate surface area is 190 Å². The molecule has 0 aliphatic heterocycles. The number of anilines is 4. The Morgan fingerprint density at radius 1 is 0.909 bits per heavy atom. The van der Waals surface area contributed by atoms with Crippen LogP contribution in [0.5, 0.6) is 5.75 Å². The van der Waals surface area contributed by atoms with Crippen molar-refractivity contribution in [2.24, 2.45) is 0 Å². The molecule has 0 aromatic heterocycles. The van der Waals surface area contributed by atoms with Gasteiger partial charge in [0.15, 0.2) is 0 Å². The van der Waals surface area contributed by atoms with Crippen molar-refractivity contribution >= 4 is 28.7 Å². The number of benzene rings is 3. The number of nitrogen functional groups attached to an aromatic ring is 1. The molecule has 1 atom stereocenters. The van der Waals surface area contributed by atoms with E-state index < -0.39 is 16.8 Å². The molecule has 7 nitrogen and oxygen atoms in total. The van der Waals surface area contributed by atoms with Crippen LogP contribution in [0.1, 0.15) is 17.0 Å². The Morgan fingerprint density at radius 3 is 2.30 bits per heavy atom. The average Bonchev–Trinajstić information content (AvgIpc) is 2.86. The molecule has 4 aromatic rings. The van der Waals surface area contributed by atoms with Crippen LogP contribution in [-0.4, -0.2) is 13.0 Å². The fourth-order valence-electron chi connectivity index (χ4n) is 3.64. The summed E-state index contributed by atoms with van der Waals surface area (Å²) in [6.07, 6.45) is 0.433. The highest BCUT2D eigenvalue weighted by Crippen LogP contribution is 2.26. The van der Waals surface area contributed by atoms with Crippen LogP contribution in [0.2, 0.25) is 0 Å². The molecule has 1 unspecified atom stereocenters. The molecule has 0 heterocycles. The van der Waals surface area contributed by atoms with Gasteiger partial charge in [0.25, 0.3) is 10.9 Å². The summed E-state index contributed by atoms with van der Waals surface area (Å²) >= 11 is 0. The first-order chi connectivity index (χ1) is 16.0. The van der Waals surface area contributed by atoms with Crippen molar-refractivity contribution in [3.63, 3.8) is 0 Å². The summed E-state index contributed by atoms with van der Waals surface area (Å²) in [4.78, 5) is 36.3. The summed E-state index contributed by atoms with van der Waals surface area (Å²) in [5, 5.41) is 5.89. The topological polar surface area (TPSA) is 111 Å². The first-order valence-corrected chi connectivity index (χ1v) is 10.4. The van der Waals surface area contributed by atoms with Crippen molar-refractivity contribution in [2.75, 3.05) is 23.5 Å². The van der Waals surface area contributed by atoms with Gasteiger partial charge in [-0.3, -0.25) is 14.4 Å². The molecule has 4 rings (SSSR count). The molecule has 0 bridgehead atoms. The van der Waals surface area contributed by atoms with Gasteiger partial charge >= 0.3 is 0 Å². The van der Waals surface area contributed by atoms with Gasteiger partial charge in [-0.15, -0.1) is 0 Å². The van der Waals surface area contributed by atoms with Crippen LogP contribution in [0.3, 0.4) is 0 Å². The third-order valence-corrected chi connectivity index (χ3v) is 5.46. The van der Waals surface area contributed by atoms with Crippen molar-refractivity contribution in [2.45, 2.75) is 12.3 Å².